The molecule has 0 spiro atoms. The highest BCUT2D eigenvalue weighted by molar-refractivity contribution is 6.30. The molecule has 0 fully saturated rings. The van der Waals surface area contributed by atoms with Crippen LogP contribution in [0.4, 0.5) is 0 Å². The topological polar surface area (TPSA) is 0 Å². The van der Waals surface area contributed by atoms with E-state index in [1.54, 1.807) is 0 Å². The molecule has 0 heterocycles. The molecule has 0 saturated carbocycles. The van der Waals surface area contributed by atoms with Crippen LogP contribution in [0.25, 0.3) is 10.8 Å². The van der Waals surface area contributed by atoms with Gasteiger partial charge in [0.05, 0.1) is 0 Å². The second-order valence-corrected chi connectivity index (χ2v) is 9.01. The lowest BCUT2D eigenvalue weighted by atomic mass is 9.86. The van der Waals surface area contributed by atoms with E-state index >= 15 is 0 Å². The molecule has 3 rings (SSSR count). The fourth-order valence-electron chi connectivity index (χ4n) is 2.61. The first-order valence-electron chi connectivity index (χ1n) is 8.83. The number of rotatable bonds is 0. The predicted molar refractivity (Wildman–Crippen MR) is 126 cm³/mol. The molecule has 0 aliphatic carbocycles. The van der Waals surface area contributed by atoms with Crippen LogP contribution in [-0.4, -0.2) is 0 Å². The van der Waals surface area contributed by atoms with Crippen LogP contribution in [0, 0.1) is 0 Å². The monoisotopic (exact) mass is 384 g/mol. The van der Waals surface area contributed by atoms with Gasteiger partial charge in [-0.05, 0) is 44.9 Å². The maximum absolute atomic E-state index is 5.76. The van der Waals surface area contributed by atoms with Crippen molar-refractivity contribution in [3.05, 3.63) is 82.9 Å². The van der Waals surface area contributed by atoms with Gasteiger partial charge in [0.2, 0.25) is 0 Å². The highest BCUT2D eigenvalue weighted by atomic mass is 35.5. The van der Waals surface area contributed by atoms with Crippen molar-refractivity contribution in [1.29, 1.82) is 0 Å². The molecule has 0 nitrogen and oxygen atoms in total. The number of hydrogen-bond donors (Lipinski definition) is 0. The number of fused-ring (bicyclic) bond motifs is 1. The van der Waals surface area contributed by atoms with Crippen LogP contribution in [0.1, 0.15) is 67.5 Å². The van der Waals surface area contributed by atoms with Gasteiger partial charge in [0.25, 0.3) is 0 Å². The summed E-state index contributed by atoms with van der Waals surface area (Å²) in [6.07, 6.45) is 0. The molecule has 3 aromatic carbocycles. The van der Waals surface area contributed by atoms with E-state index in [2.05, 4.69) is 96.1 Å². The van der Waals surface area contributed by atoms with Gasteiger partial charge in [-0.3, -0.25) is 0 Å². The number of halogens is 1. The zero-order valence-electron chi connectivity index (χ0n) is 16.2. The van der Waals surface area contributed by atoms with Crippen LogP contribution in [-0.2, 0) is 10.8 Å². The SMILES string of the molecule is C.C.CC(C)(C)c1ccc(Cl)cc1.CC(C)(C)c1ccc2ccccc2c1. The fourth-order valence-corrected chi connectivity index (χ4v) is 2.73. The smallest absolute Gasteiger partial charge is 0.0406 e. The van der Waals surface area contributed by atoms with Crippen molar-refractivity contribution < 1.29 is 0 Å². The lowest BCUT2D eigenvalue weighted by Gasteiger charge is -2.19. The molecule has 27 heavy (non-hydrogen) atoms. The minimum Gasteiger partial charge on any atom is -0.0843 e. The van der Waals surface area contributed by atoms with Gasteiger partial charge in [0.1, 0.15) is 0 Å². The Labute approximate surface area is 172 Å². The summed E-state index contributed by atoms with van der Waals surface area (Å²) < 4.78 is 0. The standard InChI is InChI=1S/C14H16.C10H13Cl.2CH4/c1-14(2,3)13-9-8-11-6-4-5-7-12(11)10-13;1-10(2,3)8-4-6-9(11)7-5-8;;/h4-10H,1-3H3;4-7H,1-3H3;2*1H4. The van der Waals surface area contributed by atoms with Crippen molar-refractivity contribution in [2.24, 2.45) is 0 Å². The highest BCUT2D eigenvalue weighted by Crippen LogP contribution is 2.26. The van der Waals surface area contributed by atoms with Crippen LogP contribution in [0.3, 0.4) is 0 Å². The zero-order valence-corrected chi connectivity index (χ0v) is 17.0. The van der Waals surface area contributed by atoms with Crippen LogP contribution >= 0.6 is 11.6 Å². The van der Waals surface area contributed by atoms with Gasteiger partial charge in [0.15, 0.2) is 0 Å². The maximum atomic E-state index is 5.76. The van der Waals surface area contributed by atoms with Crippen molar-refractivity contribution in [2.75, 3.05) is 0 Å². The fraction of sp³-hybridized carbons (Fsp3) is 0.385. The Kier molecular flexibility index (Phi) is 9.29. The van der Waals surface area contributed by atoms with Crippen molar-refractivity contribution in [3.63, 3.8) is 0 Å². The Bertz CT molecular complexity index is 815. The third-order valence-corrected chi connectivity index (χ3v) is 4.58. The van der Waals surface area contributed by atoms with E-state index in [0.29, 0.717) is 0 Å². The maximum Gasteiger partial charge on any atom is 0.0406 e. The van der Waals surface area contributed by atoms with Crippen LogP contribution in [0.5, 0.6) is 0 Å². The molecule has 0 radical (unpaired) electrons. The Morgan fingerprint density at radius 1 is 0.556 bits per heavy atom. The van der Waals surface area contributed by atoms with Gasteiger partial charge in [0, 0.05) is 5.02 Å². The number of hydrogen-bond acceptors (Lipinski definition) is 0. The van der Waals surface area contributed by atoms with Gasteiger partial charge in [-0.25, -0.2) is 0 Å². The Morgan fingerprint density at radius 2 is 1.00 bits per heavy atom. The first kappa shape index (κ1) is 25.2. The molecule has 0 N–H and O–H groups in total. The second kappa shape index (κ2) is 9.95. The minimum absolute atomic E-state index is 0. The molecule has 0 saturated heterocycles. The van der Waals surface area contributed by atoms with Crippen molar-refractivity contribution in [3.8, 4) is 0 Å². The Hall–Kier alpha value is -1.79. The molecular weight excluding hydrogens is 348 g/mol. The molecular formula is C26H37Cl. The molecule has 1 heteroatoms. The first-order chi connectivity index (χ1) is 11.6. The molecule has 0 aromatic heterocycles. The first-order valence-corrected chi connectivity index (χ1v) is 9.20. The molecule has 148 valence electrons. The normalized spacial score (nSPS) is 10.9. The molecule has 0 aliphatic rings. The van der Waals surface area contributed by atoms with Crippen LogP contribution in [0.2, 0.25) is 5.02 Å². The van der Waals surface area contributed by atoms with Gasteiger partial charge in [-0.1, -0.05) is 123 Å². The average Bonchev–Trinajstić information content (AvgIpc) is 2.54. The largest absolute Gasteiger partial charge is 0.0843 e. The van der Waals surface area contributed by atoms with E-state index in [0.717, 1.165) is 5.02 Å². The molecule has 0 bridgehead atoms. The Balaban J connectivity index is 0.000000479. The lowest BCUT2D eigenvalue weighted by Crippen LogP contribution is -2.10. The molecule has 3 aromatic rings. The van der Waals surface area contributed by atoms with E-state index < -0.39 is 0 Å². The third-order valence-electron chi connectivity index (χ3n) is 4.33. The van der Waals surface area contributed by atoms with E-state index in [1.165, 1.54) is 21.9 Å². The summed E-state index contributed by atoms with van der Waals surface area (Å²) in [5.74, 6) is 0. The van der Waals surface area contributed by atoms with Crippen molar-refractivity contribution in [2.45, 2.75) is 67.2 Å². The zero-order chi connectivity index (χ0) is 18.7. The van der Waals surface area contributed by atoms with Gasteiger partial charge in [-0.15, -0.1) is 0 Å². The Morgan fingerprint density at radius 3 is 1.48 bits per heavy atom. The molecule has 0 atom stereocenters. The van der Waals surface area contributed by atoms with Crippen LogP contribution in [0.15, 0.2) is 66.7 Å². The van der Waals surface area contributed by atoms with Gasteiger partial charge in [-0.2, -0.15) is 0 Å². The lowest BCUT2D eigenvalue weighted by molar-refractivity contribution is 0.590. The van der Waals surface area contributed by atoms with Crippen molar-refractivity contribution in [1.82, 2.24) is 0 Å². The van der Waals surface area contributed by atoms with E-state index in [-0.39, 0.29) is 25.7 Å². The van der Waals surface area contributed by atoms with Crippen molar-refractivity contribution >= 4 is 22.4 Å². The summed E-state index contributed by atoms with van der Waals surface area (Å²) in [6, 6.07) is 23.2. The molecule has 0 aliphatic heterocycles. The van der Waals surface area contributed by atoms with Gasteiger partial charge < -0.3 is 0 Å². The molecule has 0 amide bonds. The predicted octanol–water partition coefficient (Wildman–Crippen LogP) is 9.05. The summed E-state index contributed by atoms with van der Waals surface area (Å²) in [7, 11) is 0. The summed E-state index contributed by atoms with van der Waals surface area (Å²) in [5.41, 5.74) is 3.19. The second-order valence-electron chi connectivity index (χ2n) is 8.57. The van der Waals surface area contributed by atoms with Crippen LogP contribution < -0.4 is 0 Å². The van der Waals surface area contributed by atoms with Gasteiger partial charge >= 0.3 is 0 Å². The highest BCUT2D eigenvalue weighted by Gasteiger charge is 2.13. The van der Waals surface area contributed by atoms with E-state index in [9.17, 15) is 0 Å². The quantitative estimate of drug-likeness (QED) is 0.362. The number of benzene rings is 3. The minimum atomic E-state index is 0. The van der Waals surface area contributed by atoms with E-state index in [4.69, 9.17) is 11.6 Å². The third kappa shape index (κ3) is 7.39. The summed E-state index contributed by atoms with van der Waals surface area (Å²) >= 11 is 5.76. The summed E-state index contributed by atoms with van der Waals surface area (Å²) in [4.78, 5) is 0. The summed E-state index contributed by atoms with van der Waals surface area (Å²) in [5, 5.41) is 3.46. The summed E-state index contributed by atoms with van der Waals surface area (Å²) in [6.45, 7) is 13.3. The van der Waals surface area contributed by atoms with E-state index in [1.807, 2.05) is 12.1 Å². The average molecular weight is 385 g/mol. The molecule has 0 unspecified atom stereocenters.